The maximum Gasteiger partial charge on any atom is 0.244 e. The van der Waals surface area contributed by atoms with Crippen molar-refractivity contribution in [1.29, 1.82) is 0 Å². The van der Waals surface area contributed by atoms with Gasteiger partial charge in [-0.25, -0.2) is 8.42 Å². The number of benzene rings is 1. The van der Waals surface area contributed by atoms with Gasteiger partial charge in [0.2, 0.25) is 10.0 Å². The molecular weight excluding hydrogens is 296 g/mol. The number of sulfonamides is 1. The third kappa shape index (κ3) is 2.95. The minimum Gasteiger partial charge on any atom is -0.399 e. The molecular formula is C14H21ClN2O2S. The Labute approximate surface area is 126 Å². The largest absolute Gasteiger partial charge is 0.399 e. The van der Waals surface area contributed by atoms with Gasteiger partial charge in [0.25, 0.3) is 0 Å². The second-order valence-electron chi connectivity index (χ2n) is 5.76. The van der Waals surface area contributed by atoms with Crippen molar-refractivity contribution in [2.24, 2.45) is 5.41 Å². The highest BCUT2D eigenvalue weighted by Gasteiger charge is 2.35. The van der Waals surface area contributed by atoms with Crippen molar-refractivity contribution < 1.29 is 8.42 Å². The number of piperidine rings is 1. The molecule has 1 heterocycles. The smallest absolute Gasteiger partial charge is 0.244 e. The molecule has 2 N–H and O–H groups in total. The third-order valence-electron chi connectivity index (χ3n) is 4.36. The van der Waals surface area contributed by atoms with E-state index >= 15 is 0 Å². The van der Waals surface area contributed by atoms with Crippen LogP contribution in [0.1, 0.15) is 33.1 Å². The molecule has 0 saturated carbocycles. The maximum atomic E-state index is 12.6. The van der Waals surface area contributed by atoms with Gasteiger partial charge in [-0.2, -0.15) is 4.31 Å². The summed E-state index contributed by atoms with van der Waals surface area (Å²) in [5.74, 6) is 0. The number of nitrogens with zero attached hydrogens (tertiary/aromatic N) is 1. The zero-order valence-electron chi connectivity index (χ0n) is 11.9. The molecule has 1 aromatic carbocycles. The number of nitrogens with two attached hydrogens (primary N) is 1. The Kier molecular flexibility index (Phi) is 4.33. The summed E-state index contributed by atoms with van der Waals surface area (Å²) in [6.07, 6.45) is 2.84. The first-order valence-electron chi connectivity index (χ1n) is 6.84. The highest BCUT2D eigenvalue weighted by Crippen LogP contribution is 2.36. The minimum absolute atomic E-state index is 0.147. The summed E-state index contributed by atoms with van der Waals surface area (Å²) in [6.45, 7) is 5.47. The van der Waals surface area contributed by atoms with Crippen LogP contribution in [0.15, 0.2) is 23.1 Å². The second-order valence-corrected chi connectivity index (χ2v) is 8.07. The predicted octanol–water partition coefficient (Wildman–Crippen LogP) is 3.12. The van der Waals surface area contributed by atoms with E-state index in [0.29, 0.717) is 18.8 Å². The molecule has 0 unspecified atom stereocenters. The van der Waals surface area contributed by atoms with E-state index in [4.69, 9.17) is 17.3 Å². The number of nitrogen functional groups attached to an aromatic ring is 1. The average Bonchev–Trinajstić information content (AvgIpc) is 2.39. The topological polar surface area (TPSA) is 63.4 Å². The highest BCUT2D eigenvalue weighted by molar-refractivity contribution is 7.89. The van der Waals surface area contributed by atoms with Crippen molar-refractivity contribution in [3.8, 4) is 0 Å². The molecule has 112 valence electrons. The van der Waals surface area contributed by atoms with Crippen LogP contribution in [0.2, 0.25) is 5.02 Å². The van der Waals surface area contributed by atoms with E-state index in [9.17, 15) is 8.42 Å². The van der Waals surface area contributed by atoms with Gasteiger partial charge in [-0.05, 0) is 36.5 Å². The van der Waals surface area contributed by atoms with E-state index in [-0.39, 0.29) is 15.3 Å². The number of halogens is 1. The molecule has 1 aliphatic heterocycles. The Morgan fingerprint density at radius 2 is 1.95 bits per heavy atom. The maximum absolute atomic E-state index is 12.6. The zero-order chi connectivity index (χ0) is 15.0. The summed E-state index contributed by atoms with van der Waals surface area (Å²) in [5.41, 5.74) is 6.32. The van der Waals surface area contributed by atoms with Gasteiger partial charge in [0.1, 0.15) is 4.90 Å². The van der Waals surface area contributed by atoms with Gasteiger partial charge >= 0.3 is 0 Å². The van der Waals surface area contributed by atoms with Gasteiger partial charge in [-0.3, -0.25) is 0 Å². The second kappa shape index (κ2) is 5.54. The van der Waals surface area contributed by atoms with Gasteiger partial charge in [0.05, 0.1) is 5.02 Å². The Morgan fingerprint density at radius 1 is 1.35 bits per heavy atom. The third-order valence-corrected chi connectivity index (χ3v) is 6.74. The monoisotopic (exact) mass is 316 g/mol. The van der Waals surface area contributed by atoms with E-state index in [1.807, 2.05) is 0 Å². The highest BCUT2D eigenvalue weighted by atomic mass is 35.5. The number of anilines is 1. The lowest BCUT2D eigenvalue weighted by atomic mass is 9.79. The first-order chi connectivity index (χ1) is 9.28. The molecule has 1 aromatic rings. The molecule has 4 nitrogen and oxygen atoms in total. The van der Waals surface area contributed by atoms with Gasteiger partial charge < -0.3 is 5.73 Å². The lowest BCUT2D eigenvalue weighted by Gasteiger charge is -2.38. The van der Waals surface area contributed by atoms with Crippen LogP contribution in [0.4, 0.5) is 5.69 Å². The van der Waals surface area contributed by atoms with Crippen molar-refractivity contribution in [3.63, 3.8) is 0 Å². The van der Waals surface area contributed by atoms with Crippen LogP contribution in [0.5, 0.6) is 0 Å². The summed E-state index contributed by atoms with van der Waals surface area (Å²) in [4.78, 5) is 0.147. The van der Waals surface area contributed by atoms with Crippen molar-refractivity contribution in [1.82, 2.24) is 4.31 Å². The summed E-state index contributed by atoms with van der Waals surface area (Å²) < 4.78 is 26.8. The zero-order valence-corrected chi connectivity index (χ0v) is 13.5. The number of hydrogen-bond donors (Lipinski definition) is 1. The standard InChI is InChI=1S/C14H21ClN2O2S/c1-3-14(2)6-8-17(9-7-14)20(18,19)13-5-4-11(16)10-12(13)15/h4-5,10H,3,6-9,16H2,1-2H3. The fourth-order valence-electron chi connectivity index (χ4n) is 2.49. The van der Waals surface area contributed by atoms with E-state index < -0.39 is 10.0 Å². The number of rotatable bonds is 3. The summed E-state index contributed by atoms with van der Waals surface area (Å²) in [5, 5.41) is 0.189. The van der Waals surface area contributed by atoms with Gasteiger partial charge in [-0.1, -0.05) is 31.9 Å². The molecule has 2 rings (SSSR count). The van der Waals surface area contributed by atoms with Crippen molar-refractivity contribution >= 4 is 27.3 Å². The molecule has 0 spiro atoms. The molecule has 0 bridgehead atoms. The predicted molar refractivity (Wildman–Crippen MR) is 82.3 cm³/mol. The average molecular weight is 317 g/mol. The molecule has 6 heteroatoms. The Morgan fingerprint density at radius 3 is 2.45 bits per heavy atom. The molecule has 0 atom stereocenters. The molecule has 1 saturated heterocycles. The van der Waals surface area contributed by atoms with Crippen molar-refractivity contribution in [2.45, 2.75) is 38.0 Å². The van der Waals surface area contributed by atoms with E-state index in [0.717, 1.165) is 19.3 Å². The quantitative estimate of drug-likeness (QED) is 0.871. The lowest BCUT2D eigenvalue weighted by molar-refractivity contribution is 0.169. The Balaban J connectivity index is 2.24. The van der Waals surface area contributed by atoms with Crippen molar-refractivity contribution in [3.05, 3.63) is 23.2 Å². The Bertz CT molecular complexity index is 593. The van der Waals surface area contributed by atoms with Crippen LogP contribution in [0.25, 0.3) is 0 Å². The van der Waals surface area contributed by atoms with E-state index in [1.165, 1.54) is 16.4 Å². The fourth-order valence-corrected chi connectivity index (χ4v) is 4.45. The van der Waals surface area contributed by atoms with E-state index in [2.05, 4.69) is 13.8 Å². The van der Waals surface area contributed by atoms with Gasteiger partial charge in [0.15, 0.2) is 0 Å². The van der Waals surface area contributed by atoms with Crippen LogP contribution in [-0.2, 0) is 10.0 Å². The molecule has 0 radical (unpaired) electrons. The summed E-state index contributed by atoms with van der Waals surface area (Å²) >= 11 is 6.03. The van der Waals surface area contributed by atoms with Crippen LogP contribution < -0.4 is 5.73 Å². The summed E-state index contributed by atoms with van der Waals surface area (Å²) in [6, 6.07) is 4.54. The molecule has 1 aliphatic rings. The first kappa shape index (κ1) is 15.6. The van der Waals surface area contributed by atoms with Crippen molar-refractivity contribution in [2.75, 3.05) is 18.8 Å². The molecule has 0 amide bonds. The normalized spacial score (nSPS) is 19.9. The summed E-state index contributed by atoms with van der Waals surface area (Å²) in [7, 11) is -3.52. The SMILES string of the molecule is CCC1(C)CCN(S(=O)(=O)c2ccc(N)cc2Cl)CC1. The first-order valence-corrected chi connectivity index (χ1v) is 8.65. The molecule has 20 heavy (non-hydrogen) atoms. The van der Waals surface area contributed by atoms with Crippen LogP contribution >= 0.6 is 11.6 Å². The minimum atomic E-state index is -3.52. The van der Waals surface area contributed by atoms with E-state index in [1.54, 1.807) is 6.07 Å². The number of hydrogen-bond acceptors (Lipinski definition) is 3. The van der Waals surface area contributed by atoms with Crippen LogP contribution in [-0.4, -0.2) is 25.8 Å². The Hall–Kier alpha value is -0.780. The fraction of sp³-hybridized carbons (Fsp3) is 0.571. The molecule has 0 aliphatic carbocycles. The lowest BCUT2D eigenvalue weighted by Crippen LogP contribution is -2.41. The van der Waals surface area contributed by atoms with Crippen LogP contribution in [0.3, 0.4) is 0 Å². The molecule has 0 aromatic heterocycles. The van der Waals surface area contributed by atoms with Gasteiger partial charge in [-0.15, -0.1) is 0 Å². The molecule has 1 fully saturated rings. The van der Waals surface area contributed by atoms with Gasteiger partial charge in [0, 0.05) is 18.8 Å². The van der Waals surface area contributed by atoms with Crippen LogP contribution in [0, 0.1) is 5.41 Å².